The van der Waals surface area contributed by atoms with Gasteiger partial charge in [-0.2, -0.15) is 5.26 Å². The Balaban J connectivity index is 3.84. The molecule has 0 aromatic heterocycles. The zero-order chi connectivity index (χ0) is 8.04. The molecule has 0 fully saturated rings. The summed E-state index contributed by atoms with van der Waals surface area (Å²) in [5, 5.41) is 17.3. The van der Waals surface area contributed by atoms with Crippen LogP contribution in [0.1, 0.15) is 13.3 Å². The van der Waals surface area contributed by atoms with E-state index < -0.39 is 5.97 Å². The second kappa shape index (κ2) is 4.23. The molecule has 0 spiro atoms. The smallest absolute Gasteiger partial charge is 0.293 e. The third-order valence-corrected chi connectivity index (χ3v) is 0.991. The van der Waals surface area contributed by atoms with E-state index in [1.165, 1.54) is 7.11 Å². The van der Waals surface area contributed by atoms with Gasteiger partial charge < -0.3 is 14.6 Å². The normalized spacial score (nSPS) is 15.8. The molecule has 1 N–H and O–H groups in total. The summed E-state index contributed by atoms with van der Waals surface area (Å²) in [5.74, 6) is -1.72. The summed E-state index contributed by atoms with van der Waals surface area (Å²) in [6.45, 7) is 2.02. The highest BCUT2D eigenvalue weighted by atomic mass is 16.8. The van der Waals surface area contributed by atoms with E-state index in [0.717, 1.165) is 0 Å². The largest absolute Gasteiger partial charge is 0.343 e. The summed E-state index contributed by atoms with van der Waals surface area (Å²) in [6, 6.07) is 1.74. The highest BCUT2D eigenvalue weighted by Gasteiger charge is 2.26. The van der Waals surface area contributed by atoms with Crippen LogP contribution in [0.15, 0.2) is 0 Å². The molecule has 0 saturated carbocycles. The van der Waals surface area contributed by atoms with E-state index >= 15 is 0 Å². The molecule has 10 heavy (non-hydrogen) atoms. The van der Waals surface area contributed by atoms with E-state index in [1.807, 2.05) is 0 Å². The molecule has 0 aromatic rings. The summed E-state index contributed by atoms with van der Waals surface area (Å²) < 4.78 is 9.26. The molecule has 0 aromatic carbocycles. The van der Waals surface area contributed by atoms with E-state index in [0.29, 0.717) is 6.61 Å². The predicted molar refractivity (Wildman–Crippen MR) is 33.8 cm³/mol. The lowest BCUT2D eigenvalue weighted by atomic mass is 10.4. The molecule has 4 nitrogen and oxygen atoms in total. The Morgan fingerprint density at radius 1 is 1.70 bits per heavy atom. The molecule has 0 bridgehead atoms. The molecule has 0 aliphatic rings. The van der Waals surface area contributed by atoms with Crippen LogP contribution in [0.2, 0.25) is 0 Å². The number of rotatable bonds is 4. The van der Waals surface area contributed by atoms with Gasteiger partial charge in [0.15, 0.2) is 0 Å². The summed E-state index contributed by atoms with van der Waals surface area (Å²) in [4.78, 5) is 0. The quantitative estimate of drug-likeness (QED) is 0.575. The van der Waals surface area contributed by atoms with Gasteiger partial charge in [-0.15, -0.1) is 0 Å². The van der Waals surface area contributed by atoms with Gasteiger partial charge in [-0.05, 0) is 6.92 Å². The Morgan fingerprint density at radius 2 is 2.30 bits per heavy atom. The van der Waals surface area contributed by atoms with Crippen molar-refractivity contribution in [2.45, 2.75) is 19.3 Å². The van der Waals surface area contributed by atoms with Crippen molar-refractivity contribution in [2.75, 3.05) is 13.7 Å². The molecule has 0 radical (unpaired) electrons. The standard InChI is InChI=1S/C6H11NO3/c1-3-10-6(8,9-2)4-5-7/h8H,3-4H2,1-2H3. The van der Waals surface area contributed by atoms with Gasteiger partial charge in [0.1, 0.15) is 6.42 Å². The van der Waals surface area contributed by atoms with Gasteiger partial charge in [0.25, 0.3) is 5.97 Å². The summed E-state index contributed by atoms with van der Waals surface area (Å²) in [5.41, 5.74) is 0. The second-order valence-corrected chi connectivity index (χ2v) is 1.68. The Kier molecular flexibility index (Phi) is 3.96. The number of hydrogen-bond donors (Lipinski definition) is 1. The zero-order valence-electron chi connectivity index (χ0n) is 6.13. The van der Waals surface area contributed by atoms with E-state index in [9.17, 15) is 0 Å². The third kappa shape index (κ3) is 2.78. The van der Waals surface area contributed by atoms with Crippen LogP contribution in [-0.2, 0) is 9.47 Å². The Bertz CT molecular complexity index is 131. The molecule has 0 heterocycles. The lowest BCUT2D eigenvalue weighted by Crippen LogP contribution is -2.33. The van der Waals surface area contributed by atoms with Crippen molar-refractivity contribution in [3.63, 3.8) is 0 Å². The summed E-state index contributed by atoms with van der Waals surface area (Å²) in [6.07, 6.45) is -0.183. The molecule has 0 aliphatic heterocycles. The van der Waals surface area contributed by atoms with Gasteiger partial charge in [0.2, 0.25) is 0 Å². The fourth-order valence-electron chi connectivity index (χ4n) is 0.508. The summed E-state index contributed by atoms with van der Waals surface area (Å²) >= 11 is 0. The van der Waals surface area contributed by atoms with Crippen LogP contribution < -0.4 is 0 Å². The molecular weight excluding hydrogens is 134 g/mol. The summed E-state index contributed by atoms with van der Waals surface area (Å²) in [7, 11) is 1.28. The van der Waals surface area contributed by atoms with Gasteiger partial charge in [-0.3, -0.25) is 0 Å². The lowest BCUT2D eigenvalue weighted by Gasteiger charge is -2.22. The Morgan fingerprint density at radius 3 is 2.60 bits per heavy atom. The van der Waals surface area contributed by atoms with E-state index in [1.54, 1.807) is 13.0 Å². The molecule has 0 amide bonds. The van der Waals surface area contributed by atoms with Crippen molar-refractivity contribution in [3.05, 3.63) is 0 Å². The van der Waals surface area contributed by atoms with Crippen molar-refractivity contribution >= 4 is 0 Å². The molecule has 58 valence electrons. The topological polar surface area (TPSA) is 62.5 Å². The number of methoxy groups -OCH3 is 1. The van der Waals surface area contributed by atoms with Crippen molar-refractivity contribution in [3.8, 4) is 6.07 Å². The lowest BCUT2D eigenvalue weighted by molar-refractivity contribution is -0.345. The van der Waals surface area contributed by atoms with Crippen LogP contribution in [0.5, 0.6) is 0 Å². The minimum atomic E-state index is -1.72. The molecule has 0 saturated heterocycles. The van der Waals surface area contributed by atoms with E-state index in [4.69, 9.17) is 15.1 Å². The third-order valence-electron chi connectivity index (χ3n) is 0.991. The van der Waals surface area contributed by atoms with Crippen LogP contribution in [0, 0.1) is 11.3 Å². The van der Waals surface area contributed by atoms with Crippen molar-refractivity contribution in [1.29, 1.82) is 5.26 Å². The van der Waals surface area contributed by atoms with E-state index in [-0.39, 0.29) is 6.42 Å². The minimum Gasteiger partial charge on any atom is -0.343 e. The van der Waals surface area contributed by atoms with Crippen LogP contribution in [0.4, 0.5) is 0 Å². The van der Waals surface area contributed by atoms with Gasteiger partial charge in [-0.25, -0.2) is 0 Å². The first-order chi connectivity index (χ1) is 4.68. The maximum Gasteiger partial charge on any atom is 0.293 e. The number of nitrogens with zero attached hydrogens (tertiary/aromatic N) is 1. The first kappa shape index (κ1) is 9.37. The predicted octanol–water partition coefficient (Wildman–Crippen LogP) is 0.229. The average molecular weight is 145 g/mol. The molecule has 1 unspecified atom stereocenters. The van der Waals surface area contributed by atoms with Crippen LogP contribution in [0.25, 0.3) is 0 Å². The van der Waals surface area contributed by atoms with Crippen LogP contribution >= 0.6 is 0 Å². The second-order valence-electron chi connectivity index (χ2n) is 1.68. The average Bonchev–Trinajstić information content (AvgIpc) is 1.89. The number of nitriles is 1. The van der Waals surface area contributed by atoms with Crippen LogP contribution in [-0.4, -0.2) is 24.8 Å². The van der Waals surface area contributed by atoms with Crippen molar-refractivity contribution in [2.24, 2.45) is 0 Å². The fourth-order valence-corrected chi connectivity index (χ4v) is 0.508. The number of aliphatic hydroxyl groups is 1. The molecule has 4 heteroatoms. The zero-order valence-corrected chi connectivity index (χ0v) is 6.13. The monoisotopic (exact) mass is 145 g/mol. The molecule has 0 aliphatic carbocycles. The Labute approximate surface area is 60.0 Å². The molecule has 0 rings (SSSR count). The van der Waals surface area contributed by atoms with Gasteiger partial charge in [0, 0.05) is 13.7 Å². The highest BCUT2D eigenvalue weighted by molar-refractivity contribution is 4.75. The Hall–Kier alpha value is -0.630. The maximum atomic E-state index is 9.15. The first-order valence-corrected chi connectivity index (χ1v) is 2.97. The van der Waals surface area contributed by atoms with Gasteiger partial charge in [-0.1, -0.05) is 0 Å². The number of hydrogen-bond acceptors (Lipinski definition) is 4. The highest BCUT2D eigenvalue weighted by Crippen LogP contribution is 2.11. The van der Waals surface area contributed by atoms with Crippen molar-refractivity contribution in [1.82, 2.24) is 0 Å². The number of ether oxygens (including phenoxy) is 2. The van der Waals surface area contributed by atoms with E-state index in [2.05, 4.69) is 4.74 Å². The first-order valence-electron chi connectivity index (χ1n) is 2.97. The molecular formula is C6H11NO3. The SMILES string of the molecule is CCOC(O)(CC#N)OC. The van der Waals surface area contributed by atoms with Gasteiger partial charge in [0.05, 0.1) is 6.07 Å². The van der Waals surface area contributed by atoms with Crippen LogP contribution in [0.3, 0.4) is 0 Å². The van der Waals surface area contributed by atoms with Crippen molar-refractivity contribution < 1.29 is 14.6 Å². The van der Waals surface area contributed by atoms with Gasteiger partial charge >= 0.3 is 0 Å². The molecule has 1 atom stereocenters. The fraction of sp³-hybridized carbons (Fsp3) is 0.833. The minimum absolute atomic E-state index is 0.183. The maximum absolute atomic E-state index is 9.15.